The van der Waals surface area contributed by atoms with Gasteiger partial charge in [0.05, 0.1) is 18.1 Å². The van der Waals surface area contributed by atoms with E-state index in [1.54, 1.807) is 6.08 Å². The van der Waals surface area contributed by atoms with Gasteiger partial charge >= 0.3 is 5.97 Å². The summed E-state index contributed by atoms with van der Waals surface area (Å²) in [7, 11) is 1.40. The predicted molar refractivity (Wildman–Crippen MR) is 121 cm³/mol. The second kappa shape index (κ2) is 9.34. The smallest absolute Gasteiger partial charge is 0.330 e. The molecule has 0 radical (unpaired) electrons. The summed E-state index contributed by atoms with van der Waals surface area (Å²) in [5.74, 6) is 3.57. The molecule has 0 spiro atoms. The molecule has 2 saturated carbocycles. The predicted octanol–water partition coefficient (Wildman–Crippen LogP) is 4.54. The first kappa shape index (κ1) is 21.1. The minimum absolute atomic E-state index is 0.336. The van der Waals surface area contributed by atoms with Crippen molar-refractivity contribution in [3.63, 3.8) is 0 Å². The van der Waals surface area contributed by atoms with Crippen molar-refractivity contribution in [3.05, 3.63) is 35.7 Å². The maximum absolute atomic E-state index is 11.4. The summed E-state index contributed by atoms with van der Waals surface area (Å²) in [6, 6.07) is 6.32. The number of fused-ring (bicyclic) bond motifs is 3. The highest BCUT2D eigenvalue weighted by Crippen LogP contribution is 2.49. The Balaban J connectivity index is 1.61. The Morgan fingerprint density at radius 3 is 2.77 bits per heavy atom. The lowest BCUT2D eigenvalue weighted by Crippen LogP contribution is -2.28. The SMILES string of the molecule is CCN(CC)CCn1c(CC2C[C@@H]3CC[C@H]2C3)nc2cc(/C=C/C(=O)OC)ccc21. The zero-order valence-electron chi connectivity index (χ0n) is 18.6. The van der Waals surface area contributed by atoms with Crippen molar-refractivity contribution in [2.45, 2.75) is 52.5 Å². The number of likely N-dealkylation sites (N-methyl/N-ethyl adjacent to an activating group) is 1. The Morgan fingerprint density at radius 1 is 1.27 bits per heavy atom. The van der Waals surface area contributed by atoms with Crippen LogP contribution in [0.2, 0.25) is 0 Å². The van der Waals surface area contributed by atoms with Crippen LogP contribution in [0, 0.1) is 17.8 Å². The van der Waals surface area contributed by atoms with Crippen LogP contribution in [0.1, 0.15) is 50.9 Å². The number of benzene rings is 1. The summed E-state index contributed by atoms with van der Waals surface area (Å²) in [5, 5.41) is 0. The first-order chi connectivity index (χ1) is 14.6. The number of nitrogens with zero attached hydrogens (tertiary/aromatic N) is 3. The molecule has 162 valence electrons. The van der Waals surface area contributed by atoms with E-state index in [4.69, 9.17) is 9.72 Å². The molecule has 5 heteroatoms. The summed E-state index contributed by atoms with van der Waals surface area (Å²) in [6.45, 7) is 8.63. The van der Waals surface area contributed by atoms with E-state index in [-0.39, 0.29) is 5.97 Å². The Labute approximate surface area is 180 Å². The van der Waals surface area contributed by atoms with Crippen LogP contribution in [-0.2, 0) is 22.5 Å². The molecule has 2 aliphatic carbocycles. The third-order valence-electron chi connectivity index (χ3n) is 7.33. The fraction of sp³-hybridized carbons (Fsp3) is 0.600. The zero-order chi connectivity index (χ0) is 21.1. The average Bonchev–Trinajstić information content (AvgIpc) is 3.47. The number of carbonyl (C=O) groups is 1. The van der Waals surface area contributed by atoms with Gasteiger partial charge in [0.2, 0.25) is 0 Å². The van der Waals surface area contributed by atoms with Crippen LogP contribution in [0.3, 0.4) is 0 Å². The van der Waals surface area contributed by atoms with E-state index in [0.29, 0.717) is 0 Å². The van der Waals surface area contributed by atoms with Gasteiger partial charge in [0.1, 0.15) is 5.82 Å². The topological polar surface area (TPSA) is 47.4 Å². The van der Waals surface area contributed by atoms with Crippen LogP contribution in [-0.4, -0.2) is 47.2 Å². The van der Waals surface area contributed by atoms with Gasteiger partial charge in [-0.3, -0.25) is 0 Å². The molecule has 2 fully saturated rings. The van der Waals surface area contributed by atoms with Crippen LogP contribution in [0.15, 0.2) is 24.3 Å². The number of ether oxygens (including phenoxy) is 1. The zero-order valence-corrected chi connectivity index (χ0v) is 18.6. The van der Waals surface area contributed by atoms with Crippen LogP contribution in [0.25, 0.3) is 17.1 Å². The molecular formula is C25H35N3O2. The molecule has 1 aromatic carbocycles. The molecule has 1 unspecified atom stereocenters. The summed E-state index contributed by atoms with van der Waals surface area (Å²) < 4.78 is 7.16. The molecule has 0 aliphatic heterocycles. The summed E-state index contributed by atoms with van der Waals surface area (Å²) in [6.07, 6.45) is 10.0. The first-order valence-electron chi connectivity index (χ1n) is 11.6. The first-order valence-corrected chi connectivity index (χ1v) is 11.6. The quantitative estimate of drug-likeness (QED) is 0.450. The molecule has 4 rings (SSSR count). The van der Waals surface area contributed by atoms with Crippen molar-refractivity contribution in [1.29, 1.82) is 0 Å². The van der Waals surface area contributed by atoms with E-state index in [1.165, 1.54) is 50.2 Å². The molecule has 0 saturated heterocycles. The Morgan fingerprint density at radius 2 is 2.10 bits per heavy atom. The van der Waals surface area contributed by atoms with E-state index >= 15 is 0 Å². The molecule has 1 heterocycles. The lowest BCUT2D eigenvalue weighted by molar-refractivity contribution is -0.134. The summed E-state index contributed by atoms with van der Waals surface area (Å²) in [4.78, 5) is 19.0. The number of carbonyl (C=O) groups excluding carboxylic acids is 1. The number of rotatable bonds is 9. The Kier molecular flexibility index (Phi) is 6.57. The van der Waals surface area contributed by atoms with Crippen LogP contribution < -0.4 is 0 Å². The third-order valence-corrected chi connectivity index (χ3v) is 7.33. The highest BCUT2D eigenvalue weighted by Gasteiger charge is 2.39. The molecular weight excluding hydrogens is 374 g/mol. The third kappa shape index (κ3) is 4.46. The molecule has 2 aromatic rings. The molecule has 1 aromatic heterocycles. The van der Waals surface area contributed by atoms with Crippen LogP contribution in [0.5, 0.6) is 0 Å². The highest BCUT2D eigenvalue weighted by molar-refractivity contribution is 5.88. The van der Waals surface area contributed by atoms with E-state index in [0.717, 1.165) is 61.4 Å². The van der Waals surface area contributed by atoms with E-state index in [9.17, 15) is 4.79 Å². The van der Waals surface area contributed by atoms with E-state index < -0.39 is 0 Å². The van der Waals surface area contributed by atoms with Crippen molar-refractivity contribution in [2.24, 2.45) is 17.8 Å². The maximum atomic E-state index is 11.4. The lowest BCUT2D eigenvalue weighted by atomic mass is 9.86. The van der Waals surface area contributed by atoms with Gasteiger partial charge < -0.3 is 14.2 Å². The van der Waals surface area contributed by atoms with Crippen molar-refractivity contribution in [3.8, 4) is 0 Å². The Bertz CT molecular complexity index is 912. The minimum Gasteiger partial charge on any atom is -0.466 e. The standard InChI is InChI=1S/C25H35N3O2/c1-4-27(5-2)12-13-28-23-10-7-18(8-11-25(29)30-3)16-22(23)26-24(28)17-21-15-19-6-9-20(21)14-19/h7-8,10-11,16,19-21H,4-6,9,12-15,17H2,1-3H3/b11-8+/t19-,20+,21?/m1/s1. The fourth-order valence-corrected chi connectivity index (χ4v) is 5.58. The van der Waals surface area contributed by atoms with Crippen molar-refractivity contribution in [2.75, 3.05) is 26.7 Å². The molecule has 0 amide bonds. The van der Waals surface area contributed by atoms with Gasteiger partial charge in [0, 0.05) is 25.6 Å². The summed E-state index contributed by atoms with van der Waals surface area (Å²) >= 11 is 0. The van der Waals surface area contributed by atoms with Gasteiger partial charge in [-0.15, -0.1) is 0 Å². The van der Waals surface area contributed by atoms with Gasteiger partial charge in [-0.1, -0.05) is 26.3 Å². The van der Waals surface area contributed by atoms with Crippen LogP contribution in [0.4, 0.5) is 0 Å². The molecule has 5 nitrogen and oxygen atoms in total. The maximum Gasteiger partial charge on any atom is 0.330 e. The van der Waals surface area contributed by atoms with Crippen molar-refractivity contribution >= 4 is 23.1 Å². The number of esters is 1. The number of imidazole rings is 1. The second-order valence-corrected chi connectivity index (χ2v) is 8.95. The van der Waals surface area contributed by atoms with Gasteiger partial charge in [0.25, 0.3) is 0 Å². The van der Waals surface area contributed by atoms with Gasteiger partial charge in [-0.2, -0.15) is 0 Å². The normalized spacial score (nSPS) is 23.3. The largest absolute Gasteiger partial charge is 0.466 e. The molecule has 0 N–H and O–H groups in total. The second-order valence-electron chi connectivity index (χ2n) is 8.95. The molecule has 30 heavy (non-hydrogen) atoms. The molecule has 2 aliphatic rings. The van der Waals surface area contributed by atoms with E-state index in [2.05, 4.69) is 41.5 Å². The van der Waals surface area contributed by atoms with E-state index in [1.807, 2.05) is 0 Å². The van der Waals surface area contributed by atoms with Gasteiger partial charge in [-0.25, -0.2) is 9.78 Å². The van der Waals surface area contributed by atoms with Crippen LogP contribution >= 0.6 is 0 Å². The Hall–Kier alpha value is -2.14. The summed E-state index contributed by atoms with van der Waals surface area (Å²) in [5.41, 5.74) is 3.21. The number of hydrogen-bond acceptors (Lipinski definition) is 4. The average molecular weight is 410 g/mol. The highest BCUT2D eigenvalue weighted by atomic mass is 16.5. The molecule has 2 bridgehead atoms. The van der Waals surface area contributed by atoms with Crippen molar-refractivity contribution in [1.82, 2.24) is 14.5 Å². The van der Waals surface area contributed by atoms with Crippen molar-refractivity contribution < 1.29 is 9.53 Å². The lowest BCUT2D eigenvalue weighted by Gasteiger charge is -2.23. The minimum atomic E-state index is -0.336. The number of aromatic nitrogens is 2. The number of hydrogen-bond donors (Lipinski definition) is 0. The fourth-order valence-electron chi connectivity index (χ4n) is 5.58. The monoisotopic (exact) mass is 409 g/mol. The van der Waals surface area contributed by atoms with Gasteiger partial charge in [-0.05, 0) is 73.9 Å². The van der Waals surface area contributed by atoms with Gasteiger partial charge in [0.15, 0.2) is 0 Å². The molecule has 3 atom stereocenters. The number of methoxy groups -OCH3 is 1.